The first kappa shape index (κ1) is 18.3. The number of ether oxygens (including phenoxy) is 1. The zero-order valence-corrected chi connectivity index (χ0v) is 14.6. The van der Waals surface area contributed by atoms with E-state index in [0.717, 1.165) is 12.4 Å². The summed E-state index contributed by atoms with van der Waals surface area (Å²) in [5.41, 5.74) is 1.47. The third kappa shape index (κ3) is 3.14. The van der Waals surface area contributed by atoms with Crippen LogP contribution in [0.5, 0.6) is 11.5 Å². The number of phenolic OH excluding ortho intramolecular Hbond substituents is 1. The van der Waals surface area contributed by atoms with E-state index in [-0.39, 0.29) is 5.41 Å². The van der Waals surface area contributed by atoms with Gasteiger partial charge in [0.1, 0.15) is 6.61 Å². The minimum absolute atomic E-state index is 0.226. The van der Waals surface area contributed by atoms with Gasteiger partial charge in [-0.3, -0.25) is 4.90 Å². The second-order valence-corrected chi connectivity index (χ2v) is 7.06. The number of benzene rings is 1. The number of hydrogen-bond acceptors (Lipinski definition) is 5. The molecule has 1 aliphatic carbocycles. The van der Waals surface area contributed by atoms with Crippen LogP contribution in [0.25, 0.3) is 0 Å². The quantitative estimate of drug-likeness (QED) is 0.692. The predicted octanol–water partition coefficient (Wildman–Crippen LogP) is 1.99. The number of rotatable bonds is 2. The number of likely N-dealkylation sites (tertiary alicyclic amines) is 1. The van der Waals surface area contributed by atoms with Crippen LogP contribution in [0.15, 0.2) is 30.4 Å². The Labute approximate surface area is 151 Å². The summed E-state index contributed by atoms with van der Waals surface area (Å²) in [5.74, 6) is -1.47. The summed E-state index contributed by atoms with van der Waals surface area (Å²) in [6.07, 6.45) is 6.18. The molecule has 2 bridgehead atoms. The number of fused-ring (bicyclic) bond motifs is 2. The molecule has 2 aliphatic heterocycles. The fraction of sp³-hybridized carbons (Fsp3) is 0.474. The monoisotopic (exact) mass is 361 g/mol. The SMILES string of the molecule is CN1C2CCCC3(C2)c2cccc(O)c2OCC13.O=C(O)/C=C/C(=O)O. The first-order chi connectivity index (χ1) is 12.3. The predicted molar refractivity (Wildman–Crippen MR) is 93.5 cm³/mol. The highest BCUT2D eigenvalue weighted by atomic mass is 16.5. The maximum Gasteiger partial charge on any atom is 0.328 e. The molecule has 3 N–H and O–H groups in total. The lowest BCUT2D eigenvalue weighted by Crippen LogP contribution is -2.47. The number of nitrogens with zero attached hydrogens (tertiary/aromatic N) is 1. The lowest BCUT2D eigenvalue weighted by Gasteiger charge is -2.42. The number of phenols is 1. The summed E-state index contributed by atoms with van der Waals surface area (Å²) < 4.78 is 5.85. The summed E-state index contributed by atoms with van der Waals surface area (Å²) in [6, 6.07) is 7.02. The van der Waals surface area contributed by atoms with Crippen molar-refractivity contribution in [3.63, 3.8) is 0 Å². The Balaban J connectivity index is 0.000000211. The Bertz CT molecular complexity index is 730. The van der Waals surface area contributed by atoms with Crippen molar-refractivity contribution in [1.82, 2.24) is 4.90 Å². The average Bonchev–Trinajstić information content (AvgIpc) is 2.80. The van der Waals surface area contributed by atoms with Crippen LogP contribution in [0.2, 0.25) is 0 Å². The molecule has 0 radical (unpaired) electrons. The van der Waals surface area contributed by atoms with Crippen molar-refractivity contribution in [3.05, 3.63) is 35.9 Å². The van der Waals surface area contributed by atoms with E-state index < -0.39 is 11.9 Å². The van der Waals surface area contributed by atoms with Crippen LogP contribution >= 0.6 is 0 Å². The standard InChI is InChI=1S/C15H19NO2.C4H4O4/c1-16-10-4-3-7-15(8-10)11-5-2-6-12(17)14(11)18-9-13(15)16;5-3(6)1-2-4(7)8/h2,5-6,10,13,17H,3-4,7-9H2,1H3;1-2H,(H,5,6)(H,7,8)/b;2-1+. The number of carboxylic acids is 2. The summed E-state index contributed by atoms with van der Waals surface area (Å²) in [5, 5.41) is 25.6. The summed E-state index contributed by atoms with van der Waals surface area (Å²) in [6.45, 7) is 0.720. The molecule has 1 saturated carbocycles. The fourth-order valence-electron chi connectivity index (χ4n) is 4.65. The van der Waals surface area contributed by atoms with Crippen LogP contribution in [0.4, 0.5) is 0 Å². The highest BCUT2D eigenvalue weighted by molar-refractivity contribution is 5.89. The van der Waals surface area contributed by atoms with Crippen molar-refractivity contribution in [3.8, 4) is 11.5 Å². The molecule has 1 aromatic carbocycles. The third-order valence-electron chi connectivity index (χ3n) is 5.75. The first-order valence-electron chi connectivity index (χ1n) is 8.66. The second kappa shape index (κ2) is 6.99. The Morgan fingerprint density at radius 2 is 1.96 bits per heavy atom. The lowest BCUT2D eigenvalue weighted by atomic mass is 9.66. The molecule has 0 aromatic heterocycles. The van der Waals surface area contributed by atoms with Gasteiger partial charge < -0.3 is 20.1 Å². The van der Waals surface area contributed by atoms with Crippen molar-refractivity contribution in [1.29, 1.82) is 0 Å². The number of likely N-dealkylation sites (N-methyl/N-ethyl adjacent to an activating group) is 1. The van der Waals surface area contributed by atoms with E-state index >= 15 is 0 Å². The van der Waals surface area contributed by atoms with Crippen LogP contribution < -0.4 is 4.74 Å². The Morgan fingerprint density at radius 1 is 1.27 bits per heavy atom. The van der Waals surface area contributed by atoms with Gasteiger partial charge in [-0.1, -0.05) is 18.6 Å². The highest BCUT2D eigenvalue weighted by Gasteiger charge is 2.56. The molecule has 2 fully saturated rings. The normalized spacial score (nSPS) is 29.1. The van der Waals surface area contributed by atoms with Gasteiger partial charge in [-0.15, -0.1) is 0 Å². The van der Waals surface area contributed by atoms with Gasteiger partial charge in [0, 0.05) is 29.2 Å². The number of aliphatic carboxylic acids is 2. The minimum Gasteiger partial charge on any atom is -0.504 e. The molecule has 3 aliphatic rings. The molecule has 4 rings (SSSR count). The van der Waals surface area contributed by atoms with Crippen molar-refractivity contribution < 1.29 is 29.6 Å². The number of para-hydroxylation sites is 1. The van der Waals surface area contributed by atoms with E-state index in [1.807, 2.05) is 6.07 Å². The maximum atomic E-state index is 10.00. The van der Waals surface area contributed by atoms with Gasteiger partial charge in [-0.25, -0.2) is 9.59 Å². The van der Waals surface area contributed by atoms with E-state index in [1.54, 1.807) is 6.07 Å². The molecule has 140 valence electrons. The van der Waals surface area contributed by atoms with Crippen molar-refractivity contribution in [2.45, 2.75) is 43.2 Å². The summed E-state index contributed by atoms with van der Waals surface area (Å²) in [7, 11) is 2.24. The van der Waals surface area contributed by atoms with Gasteiger partial charge in [0.05, 0.1) is 6.04 Å². The molecule has 26 heavy (non-hydrogen) atoms. The molecule has 7 nitrogen and oxygen atoms in total. The van der Waals surface area contributed by atoms with Crippen molar-refractivity contribution in [2.24, 2.45) is 0 Å². The lowest BCUT2D eigenvalue weighted by molar-refractivity contribution is -0.134. The zero-order chi connectivity index (χ0) is 18.9. The fourth-order valence-corrected chi connectivity index (χ4v) is 4.65. The van der Waals surface area contributed by atoms with E-state index in [0.29, 0.717) is 30.0 Å². The third-order valence-corrected chi connectivity index (χ3v) is 5.75. The topological polar surface area (TPSA) is 107 Å². The van der Waals surface area contributed by atoms with Crippen LogP contribution in [0.1, 0.15) is 31.2 Å². The second-order valence-electron chi connectivity index (χ2n) is 7.06. The number of carbonyl (C=O) groups is 2. The molecule has 2 heterocycles. The van der Waals surface area contributed by atoms with Gasteiger partial charge in [0.2, 0.25) is 0 Å². The van der Waals surface area contributed by atoms with Crippen LogP contribution in [-0.4, -0.2) is 57.9 Å². The summed E-state index contributed by atoms with van der Waals surface area (Å²) >= 11 is 0. The first-order valence-corrected chi connectivity index (χ1v) is 8.66. The van der Waals surface area contributed by atoms with E-state index in [2.05, 4.69) is 18.0 Å². The molecule has 3 unspecified atom stereocenters. The largest absolute Gasteiger partial charge is 0.504 e. The molecule has 3 atom stereocenters. The zero-order valence-electron chi connectivity index (χ0n) is 14.6. The van der Waals surface area contributed by atoms with Crippen LogP contribution in [0, 0.1) is 0 Å². The molecule has 1 aromatic rings. The highest BCUT2D eigenvalue weighted by Crippen LogP contribution is 2.56. The molecule has 0 amide bonds. The molecule has 7 heteroatoms. The van der Waals surface area contributed by atoms with Gasteiger partial charge in [-0.05, 0) is 32.4 Å². The van der Waals surface area contributed by atoms with Gasteiger partial charge in [-0.2, -0.15) is 0 Å². The van der Waals surface area contributed by atoms with Crippen LogP contribution in [0.3, 0.4) is 0 Å². The molecular weight excluding hydrogens is 338 g/mol. The molecular formula is C19H23NO6. The van der Waals surface area contributed by atoms with Gasteiger partial charge in [0.15, 0.2) is 11.5 Å². The average molecular weight is 361 g/mol. The Hall–Kier alpha value is -2.54. The van der Waals surface area contributed by atoms with Crippen LogP contribution in [-0.2, 0) is 15.0 Å². The molecule has 1 spiro atoms. The van der Waals surface area contributed by atoms with E-state index in [1.165, 1.54) is 31.2 Å². The maximum absolute atomic E-state index is 10.00. The molecule has 1 saturated heterocycles. The number of carboxylic acid groups (broad SMARTS) is 2. The van der Waals surface area contributed by atoms with Crippen molar-refractivity contribution in [2.75, 3.05) is 13.7 Å². The Morgan fingerprint density at radius 3 is 2.62 bits per heavy atom. The number of hydrogen-bond donors (Lipinski definition) is 3. The number of aromatic hydroxyl groups is 1. The van der Waals surface area contributed by atoms with Crippen molar-refractivity contribution >= 4 is 11.9 Å². The van der Waals surface area contributed by atoms with E-state index in [9.17, 15) is 14.7 Å². The Kier molecular flexibility index (Phi) is 4.91. The van der Waals surface area contributed by atoms with E-state index in [4.69, 9.17) is 14.9 Å². The van der Waals surface area contributed by atoms with Gasteiger partial charge >= 0.3 is 11.9 Å². The minimum atomic E-state index is -1.26. The van der Waals surface area contributed by atoms with Gasteiger partial charge in [0.25, 0.3) is 0 Å². The summed E-state index contributed by atoms with van der Waals surface area (Å²) in [4.78, 5) is 21.6. The smallest absolute Gasteiger partial charge is 0.328 e.